The van der Waals surface area contributed by atoms with Crippen molar-refractivity contribution >= 4 is 28.5 Å². The molecule has 0 radical (unpaired) electrons. The molecule has 0 aliphatic rings. The van der Waals surface area contributed by atoms with Gasteiger partial charge in [0.1, 0.15) is 12.4 Å². The molecule has 0 fully saturated rings. The molecule has 0 spiro atoms. The zero-order valence-corrected chi connectivity index (χ0v) is 20.5. The molecular formula is C25H23N5O6S. The summed E-state index contributed by atoms with van der Waals surface area (Å²) in [5.41, 5.74) is 15.0. The fourth-order valence-corrected chi connectivity index (χ4v) is 4.11. The first-order valence-electron chi connectivity index (χ1n) is 10.9. The summed E-state index contributed by atoms with van der Waals surface area (Å²) in [6.07, 6.45) is 2.05. The van der Waals surface area contributed by atoms with Crippen molar-refractivity contribution in [2.24, 2.45) is 0 Å². The van der Waals surface area contributed by atoms with Gasteiger partial charge in [0.05, 0.1) is 16.9 Å². The number of nitro groups is 1. The maximum Gasteiger partial charge on any atom is 0.269 e. The minimum Gasteiger partial charge on any atom is -0.493 e. The second-order valence-electron chi connectivity index (χ2n) is 7.96. The molecule has 1 heterocycles. The Kier molecular flexibility index (Phi) is 7.60. The molecule has 190 valence electrons. The number of nitrogens with zero attached hydrogens (tertiary/aromatic N) is 3. The number of anilines is 2. The number of hydrogen-bond donors (Lipinski definition) is 3. The van der Waals surface area contributed by atoms with Crippen LogP contribution in [0.15, 0.2) is 71.8 Å². The third-order valence-electron chi connectivity index (χ3n) is 5.59. The van der Waals surface area contributed by atoms with Crippen LogP contribution in [0, 0.1) is 10.1 Å². The highest BCUT2D eigenvalue weighted by molar-refractivity contribution is 7.79. The summed E-state index contributed by atoms with van der Waals surface area (Å²) in [4.78, 5) is 18.7. The molecule has 3 aromatic carbocycles. The molecule has 1 unspecified atom stereocenters. The highest BCUT2D eigenvalue weighted by atomic mass is 32.2. The van der Waals surface area contributed by atoms with Crippen molar-refractivity contribution < 1.29 is 23.2 Å². The van der Waals surface area contributed by atoms with Crippen LogP contribution in [0.4, 0.5) is 17.5 Å². The number of hydrogen-bond acceptors (Lipinski definition) is 9. The predicted molar refractivity (Wildman–Crippen MR) is 139 cm³/mol. The number of non-ortho nitro benzene ring substituents is 1. The largest absolute Gasteiger partial charge is 0.493 e. The fraction of sp³-hybridized carbons (Fsp3) is 0.120. The summed E-state index contributed by atoms with van der Waals surface area (Å²) in [7, 11) is 1.53. The summed E-state index contributed by atoms with van der Waals surface area (Å²) in [6, 6.07) is 16.2. The van der Waals surface area contributed by atoms with Crippen molar-refractivity contribution in [3.63, 3.8) is 0 Å². The normalized spacial score (nSPS) is 11.6. The van der Waals surface area contributed by atoms with Crippen molar-refractivity contribution in [1.82, 2.24) is 9.97 Å². The Morgan fingerprint density at radius 2 is 1.78 bits per heavy atom. The SMILES string of the molecule is COc1cc(Cc2cnc(N)nc2N)ccc1OCc1ccc(S(=O)O)cc1-c1ccc([N+](=O)[O-])cc1. The van der Waals surface area contributed by atoms with Gasteiger partial charge in [0.15, 0.2) is 22.6 Å². The number of rotatable bonds is 9. The second-order valence-corrected chi connectivity index (χ2v) is 8.93. The predicted octanol–water partition coefficient (Wildman–Crippen LogP) is 3.98. The van der Waals surface area contributed by atoms with Crippen LogP contribution in [0.3, 0.4) is 0 Å². The van der Waals surface area contributed by atoms with Crippen LogP contribution >= 0.6 is 0 Å². The number of nitrogens with two attached hydrogens (primary N) is 2. The van der Waals surface area contributed by atoms with Gasteiger partial charge in [-0.15, -0.1) is 0 Å². The third-order valence-corrected chi connectivity index (χ3v) is 6.25. The number of methoxy groups -OCH3 is 1. The van der Waals surface area contributed by atoms with E-state index in [0.717, 1.165) is 11.1 Å². The van der Waals surface area contributed by atoms with Crippen LogP contribution in [-0.2, 0) is 24.1 Å². The van der Waals surface area contributed by atoms with Gasteiger partial charge in [0.2, 0.25) is 5.95 Å². The molecule has 0 aliphatic heterocycles. The number of ether oxygens (including phenoxy) is 2. The van der Waals surface area contributed by atoms with Crippen molar-refractivity contribution in [1.29, 1.82) is 0 Å². The molecule has 1 atom stereocenters. The van der Waals surface area contributed by atoms with E-state index in [1.165, 1.54) is 25.3 Å². The Labute approximate surface area is 214 Å². The van der Waals surface area contributed by atoms with Gasteiger partial charge in [-0.25, -0.2) is 9.19 Å². The van der Waals surface area contributed by atoms with E-state index in [1.54, 1.807) is 36.5 Å². The van der Waals surface area contributed by atoms with Crippen LogP contribution in [0.5, 0.6) is 11.5 Å². The fourth-order valence-electron chi connectivity index (χ4n) is 3.71. The molecule has 4 aromatic rings. The Bertz CT molecular complexity index is 1480. The van der Waals surface area contributed by atoms with E-state index in [2.05, 4.69) is 9.97 Å². The second kappa shape index (κ2) is 11.0. The van der Waals surface area contributed by atoms with Crippen LogP contribution in [-0.4, -0.2) is 30.8 Å². The Balaban J connectivity index is 1.59. The maximum atomic E-state index is 11.7. The first kappa shape index (κ1) is 25.5. The minimum absolute atomic E-state index is 0.0550. The van der Waals surface area contributed by atoms with E-state index in [0.29, 0.717) is 40.4 Å². The smallest absolute Gasteiger partial charge is 0.269 e. The van der Waals surface area contributed by atoms with Crippen LogP contribution in [0.1, 0.15) is 16.7 Å². The molecule has 4 rings (SSSR count). The van der Waals surface area contributed by atoms with E-state index in [9.17, 15) is 18.9 Å². The Morgan fingerprint density at radius 3 is 2.43 bits per heavy atom. The molecule has 1 aromatic heterocycles. The van der Waals surface area contributed by atoms with E-state index in [-0.39, 0.29) is 23.1 Å². The standard InChI is InChI=1S/C25H23N5O6S/c1-35-23-11-15(10-18-13-28-25(27)29-24(18)26)2-9-22(23)36-14-17-5-8-20(37(33)34)12-21(17)16-3-6-19(7-4-16)30(31)32/h2-9,11-13H,10,14H2,1H3,(H,33,34)(H4,26,27,28,29). The maximum absolute atomic E-state index is 11.7. The van der Waals surface area contributed by atoms with Gasteiger partial charge in [-0.2, -0.15) is 4.98 Å². The molecule has 37 heavy (non-hydrogen) atoms. The van der Waals surface area contributed by atoms with Crippen LogP contribution < -0.4 is 20.9 Å². The topological polar surface area (TPSA) is 177 Å². The van der Waals surface area contributed by atoms with Gasteiger partial charge in [-0.1, -0.05) is 12.1 Å². The third kappa shape index (κ3) is 6.00. The summed E-state index contributed by atoms with van der Waals surface area (Å²) in [5.74, 6) is 1.39. The number of benzene rings is 3. The summed E-state index contributed by atoms with van der Waals surface area (Å²) >= 11 is -2.19. The molecule has 11 nitrogen and oxygen atoms in total. The first-order chi connectivity index (χ1) is 17.7. The van der Waals surface area contributed by atoms with Gasteiger partial charge in [-0.3, -0.25) is 10.1 Å². The number of nitrogen functional groups attached to an aromatic ring is 2. The lowest BCUT2D eigenvalue weighted by Gasteiger charge is -2.15. The lowest BCUT2D eigenvalue weighted by molar-refractivity contribution is -0.384. The lowest BCUT2D eigenvalue weighted by atomic mass is 10.00. The zero-order chi connectivity index (χ0) is 26.5. The molecule has 5 N–H and O–H groups in total. The molecule has 0 bridgehead atoms. The Morgan fingerprint density at radius 1 is 1.03 bits per heavy atom. The van der Waals surface area contributed by atoms with Gasteiger partial charge in [-0.05, 0) is 58.7 Å². The van der Waals surface area contributed by atoms with Crippen LogP contribution in [0.25, 0.3) is 11.1 Å². The lowest BCUT2D eigenvalue weighted by Crippen LogP contribution is -2.04. The van der Waals surface area contributed by atoms with Gasteiger partial charge in [0, 0.05) is 30.3 Å². The quantitative estimate of drug-likeness (QED) is 0.166. The molecule has 0 amide bonds. The Hall–Kier alpha value is -4.55. The highest BCUT2D eigenvalue weighted by Gasteiger charge is 2.14. The van der Waals surface area contributed by atoms with Crippen molar-refractivity contribution in [2.75, 3.05) is 18.6 Å². The molecule has 0 saturated heterocycles. The van der Waals surface area contributed by atoms with E-state index in [1.807, 2.05) is 12.1 Å². The monoisotopic (exact) mass is 521 g/mol. The molecule has 0 saturated carbocycles. The van der Waals surface area contributed by atoms with E-state index < -0.39 is 16.0 Å². The van der Waals surface area contributed by atoms with Crippen LogP contribution in [0.2, 0.25) is 0 Å². The average molecular weight is 522 g/mol. The van der Waals surface area contributed by atoms with Crippen molar-refractivity contribution in [2.45, 2.75) is 17.9 Å². The van der Waals surface area contributed by atoms with E-state index in [4.69, 9.17) is 20.9 Å². The first-order valence-corrected chi connectivity index (χ1v) is 12.0. The summed E-state index contributed by atoms with van der Waals surface area (Å²) in [5, 5.41) is 11.0. The van der Waals surface area contributed by atoms with Crippen molar-refractivity contribution in [3.8, 4) is 22.6 Å². The van der Waals surface area contributed by atoms with Crippen molar-refractivity contribution in [3.05, 3.63) is 93.7 Å². The number of nitro benzene ring substituents is 1. The molecule has 0 aliphatic carbocycles. The highest BCUT2D eigenvalue weighted by Crippen LogP contribution is 2.33. The minimum atomic E-state index is -2.19. The van der Waals surface area contributed by atoms with Gasteiger partial charge >= 0.3 is 0 Å². The van der Waals surface area contributed by atoms with Gasteiger partial charge < -0.3 is 25.5 Å². The average Bonchev–Trinajstić information content (AvgIpc) is 2.89. The summed E-state index contributed by atoms with van der Waals surface area (Å²) in [6.45, 7) is 0.110. The van der Waals surface area contributed by atoms with E-state index >= 15 is 0 Å². The molecular weight excluding hydrogens is 498 g/mol. The number of aromatic nitrogens is 2. The van der Waals surface area contributed by atoms with Gasteiger partial charge in [0.25, 0.3) is 5.69 Å². The molecule has 12 heteroatoms. The zero-order valence-electron chi connectivity index (χ0n) is 19.7. The summed E-state index contributed by atoms with van der Waals surface area (Å²) < 4.78 is 32.8.